The summed E-state index contributed by atoms with van der Waals surface area (Å²) >= 11 is 6.00. The molecule has 1 atom stereocenters. The first-order chi connectivity index (χ1) is 12.5. The Hall–Kier alpha value is -2.09. The quantitative estimate of drug-likeness (QED) is 0.767. The number of rotatable bonds is 7. The van der Waals surface area contributed by atoms with E-state index in [1.165, 1.54) is 0 Å². The lowest BCUT2D eigenvalue weighted by atomic mass is 9.97. The smallest absolute Gasteiger partial charge is 0.220 e. The largest absolute Gasteiger partial charge is 0.490 e. The van der Waals surface area contributed by atoms with Gasteiger partial charge in [-0.15, -0.1) is 0 Å². The zero-order chi connectivity index (χ0) is 18.6. The number of nitrogens with zero attached hydrogens (tertiary/aromatic N) is 2. The van der Waals surface area contributed by atoms with E-state index in [4.69, 9.17) is 26.8 Å². The minimum Gasteiger partial charge on any atom is -0.490 e. The molecular formula is C18H23ClN4O3. The number of aryl methyl sites for hydroxylation is 1. The molecule has 3 N–H and O–H groups in total. The monoisotopic (exact) mass is 378 g/mol. The summed E-state index contributed by atoms with van der Waals surface area (Å²) in [6.45, 7) is 4.74. The Morgan fingerprint density at radius 1 is 1.54 bits per heavy atom. The summed E-state index contributed by atoms with van der Waals surface area (Å²) in [6, 6.07) is 7.14. The molecule has 1 aromatic heterocycles. The Morgan fingerprint density at radius 3 is 3.08 bits per heavy atom. The van der Waals surface area contributed by atoms with Crippen molar-refractivity contribution in [1.29, 1.82) is 0 Å². The molecule has 1 amide bonds. The summed E-state index contributed by atoms with van der Waals surface area (Å²) in [4.78, 5) is 13.9. The molecule has 0 saturated carbocycles. The van der Waals surface area contributed by atoms with Crippen LogP contribution in [0.4, 0.5) is 0 Å². The first kappa shape index (κ1) is 18.7. The first-order valence-electron chi connectivity index (χ1n) is 8.48. The van der Waals surface area contributed by atoms with Crippen LogP contribution in [0.1, 0.15) is 17.7 Å². The molecular weight excluding hydrogens is 356 g/mol. The number of aromatic nitrogens is 2. The number of primary amides is 1. The maximum absolute atomic E-state index is 11.6. The number of H-pyrrole nitrogens is 1. The molecule has 1 aliphatic heterocycles. The number of carbonyl (C=O) groups is 1. The molecule has 140 valence electrons. The molecule has 1 unspecified atom stereocenters. The number of ether oxygens (including phenoxy) is 2. The van der Waals surface area contributed by atoms with E-state index in [-0.39, 0.29) is 13.0 Å². The predicted octanol–water partition coefficient (Wildman–Crippen LogP) is 1.90. The Morgan fingerprint density at radius 2 is 2.38 bits per heavy atom. The average molecular weight is 379 g/mol. The number of nitrogens with two attached hydrogens (primary N) is 1. The van der Waals surface area contributed by atoms with Crippen molar-refractivity contribution in [2.75, 3.05) is 26.3 Å². The number of hydrogen-bond acceptors (Lipinski definition) is 5. The van der Waals surface area contributed by atoms with Crippen LogP contribution in [-0.2, 0) is 16.1 Å². The van der Waals surface area contributed by atoms with Crippen LogP contribution in [0.5, 0.6) is 5.75 Å². The third-order valence-corrected chi connectivity index (χ3v) is 4.69. The van der Waals surface area contributed by atoms with E-state index in [0.717, 1.165) is 24.3 Å². The van der Waals surface area contributed by atoms with E-state index >= 15 is 0 Å². The maximum atomic E-state index is 11.6. The Balaban J connectivity index is 1.71. The molecule has 0 bridgehead atoms. The van der Waals surface area contributed by atoms with E-state index in [2.05, 4.69) is 15.1 Å². The fourth-order valence-corrected chi connectivity index (χ4v) is 3.35. The normalized spacial score (nSPS) is 20.8. The minimum atomic E-state index is -0.788. The second kappa shape index (κ2) is 8.07. The van der Waals surface area contributed by atoms with Gasteiger partial charge in [-0.1, -0.05) is 17.7 Å². The van der Waals surface area contributed by atoms with Crippen molar-refractivity contribution in [2.45, 2.75) is 25.5 Å². The van der Waals surface area contributed by atoms with Crippen molar-refractivity contribution in [2.24, 2.45) is 5.73 Å². The number of benzene rings is 1. The highest BCUT2D eigenvalue weighted by Gasteiger charge is 2.39. The zero-order valence-corrected chi connectivity index (χ0v) is 15.5. The number of morpholine rings is 1. The van der Waals surface area contributed by atoms with Crippen molar-refractivity contribution in [3.05, 3.63) is 46.7 Å². The van der Waals surface area contributed by atoms with Gasteiger partial charge in [0.1, 0.15) is 18.0 Å². The van der Waals surface area contributed by atoms with Crippen LogP contribution in [0.25, 0.3) is 0 Å². The van der Waals surface area contributed by atoms with Gasteiger partial charge in [0.2, 0.25) is 5.91 Å². The summed E-state index contributed by atoms with van der Waals surface area (Å²) in [5.74, 6) is 0.216. The lowest BCUT2D eigenvalue weighted by Crippen LogP contribution is -2.56. The highest BCUT2D eigenvalue weighted by molar-refractivity contribution is 6.30. The van der Waals surface area contributed by atoms with Crippen LogP contribution in [0, 0.1) is 6.92 Å². The molecule has 2 aromatic rings. The van der Waals surface area contributed by atoms with E-state index in [9.17, 15) is 4.79 Å². The van der Waals surface area contributed by atoms with Crippen LogP contribution < -0.4 is 10.5 Å². The SMILES string of the molecule is Cc1[nH]ncc1CN1CCOC(COc2cccc(Cl)c2)(CC(N)=O)C1. The third-order valence-electron chi connectivity index (χ3n) is 4.45. The maximum Gasteiger partial charge on any atom is 0.220 e. The molecule has 1 saturated heterocycles. The van der Waals surface area contributed by atoms with Gasteiger partial charge in [0.15, 0.2) is 0 Å². The van der Waals surface area contributed by atoms with E-state index in [0.29, 0.717) is 23.9 Å². The van der Waals surface area contributed by atoms with Crippen LogP contribution in [0.3, 0.4) is 0 Å². The second-order valence-corrected chi connectivity index (χ2v) is 7.09. The molecule has 1 fully saturated rings. The number of amides is 1. The Bertz CT molecular complexity index is 766. The van der Waals surface area contributed by atoms with E-state index in [1.54, 1.807) is 12.1 Å². The molecule has 1 aliphatic rings. The number of halogens is 1. The van der Waals surface area contributed by atoms with Crippen LogP contribution in [0.15, 0.2) is 30.5 Å². The van der Waals surface area contributed by atoms with Crippen molar-refractivity contribution >= 4 is 17.5 Å². The number of carbonyl (C=O) groups excluding carboxylic acids is 1. The number of hydrogen-bond donors (Lipinski definition) is 2. The topological polar surface area (TPSA) is 93.5 Å². The van der Waals surface area contributed by atoms with Crippen molar-refractivity contribution in [3.63, 3.8) is 0 Å². The number of aromatic amines is 1. The van der Waals surface area contributed by atoms with Gasteiger partial charge in [-0.05, 0) is 25.1 Å². The molecule has 0 radical (unpaired) electrons. The van der Waals surface area contributed by atoms with Gasteiger partial charge >= 0.3 is 0 Å². The van der Waals surface area contributed by atoms with Crippen LogP contribution in [0.2, 0.25) is 5.02 Å². The molecule has 0 spiro atoms. The highest BCUT2D eigenvalue weighted by atomic mass is 35.5. The Kier molecular flexibility index (Phi) is 5.80. The van der Waals surface area contributed by atoms with Gasteiger partial charge in [0.05, 0.1) is 19.2 Å². The fourth-order valence-electron chi connectivity index (χ4n) is 3.17. The summed E-state index contributed by atoms with van der Waals surface area (Å²) in [5, 5.41) is 7.60. The minimum absolute atomic E-state index is 0.0917. The molecule has 2 heterocycles. The molecule has 1 aromatic carbocycles. The molecule has 26 heavy (non-hydrogen) atoms. The first-order valence-corrected chi connectivity index (χ1v) is 8.85. The van der Waals surface area contributed by atoms with Gasteiger partial charge in [0.25, 0.3) is 0 Å². The molecule has 8 heteroatoms. The van der Waals surface area contributed by atoms with Gasteiger partial charge in [-0.25, -0.2) is 0 Å². The summed E-state index contributed by atoms with van der Waals surface area (Å²) < 4.78 is 11.9. The lowest BCUT2D eigenvalue weighted by Gasteiger charge is -2.42. The molecule has 7 nitrogen and oxygen atoms in total. The molecule has 0 aliphatic carbocycles. The van der Waals surface area contributed by atoms with Gasteiger partial charge < -0.3 is 15.2 Å². The van der Waals surface area contributed by atoms with Crippen LogP contribution >= 0.6 is 11.6 Å². The van der Waals surface area contributed by atoms with Gasteiger partial charge in [-0.3, -0.25) is 14.8 Å². The number of nitrogens with one attached hydrogen (secondary N) is 1. The summed E-state index contributed by atoms with van der Waals surface area (Å²) in [7, 11) is 0. The van der Waals surface area contributed by atoms with Gasteiger partial charge in [-0.2, -0.15) is 5.10 Å². The standard InChI is InChI=1S/C18H23ClN4O3/c1-13-14(9-21-22-13)10-23-5-6-26-18(11-23,8-17(20)24)12-25-16-4-2-3-15(19)7-16/h2-4,7,9H,5-6,8,10-12H2,1H3,(H2,20,24)(H,21,22). The molecule has 3 rings (SSSR count). The summed E-state index contributed by atoms with van der Waals surface area (Å²) in [5.41, 5.74) is 6.85. The highest BCUT2D eigenvalue weighted by Crippen LogP contribution is 2.26. The third kappa shape index (κ3) is 4.75. The van der Waals surface area contributed by atoms with Crippen molar-refractivity contribution < 1.29 is 14.3 Å². The Labute approximate surface area is 157 Å². The predicted molar refractivity (Wildman–Crippen MR) is 98.0 cm³/mol. The van der Waals surface area contributed by atoms with Crippen molar-refractivity contribution in [3.8, 4) is 5.75 Å². The summed E-state index contributed by atoms with van der Waals surface area (Å²) in [6.07, 6.45) is 1.91. The second-order valence-electron chi connectivity index (χ2n) is 6.65. The average Bonchev–Trinajstić information content (AvgIpc) is 2.98. The van der Waals surface area contributed by atoms with E-state index in [1.807, 2.05) is 25.3 Å². The zero-order valence-electron chi connectivity index (χ0n) is 14.7. The lowest BCUT2D eigenvalue weighted by molar-refractivity contribution is -0.148. The van der Waals surface area contributed by atoms with Crippen LogP contribution in [-0.4, -0.2) is 52.9 Å². The fraction of sp³-hybridized carbons (Fsp3) is 0.444. The van der Waals surface area contributed by atoms with Crippen molar-refractivity contribution in [1.82, 2.24) is 15.1 Å². The van der Waals surface area contributed by atoms with Gasteiger partial charge in [0, 0.05) is 35.9 Å². The van der Waals surface area contributed by atoms with E-state index < -0.39 is 11.5 Å².